The van der Waals surface area contributed by atoms with E-state index in [1.165, 1.54) is 0 Å². The van der Waals surface area contributed by atoms with Crippen molar-refractivity contribution in [3.05, 3.63) is 29.8 Å². The Balaban J connectivity index is 2.47. The third-order valence-electron chi connectivity index (χ3n) is 2.08. The van der Waals surface area contributed by atoms with Crippen LogP contribution in [0.2, 0.25) is 0 Å². The Morgan fingerprint density at radius 1 is 1.47 bits per heavy atom. The molecule has 0 amide bonds. The first-order chi connectivity index (χ1) is 7.13. The monoisotopic (exact) mass is 209 g/mol. The molecule has 1 aromatic carbocycles. The molecule has 0 aromatic heterocycles. The maximum absolute atomic E-state index is 10.5. The second kappa shape index (κ2) is 5.36. The summed E-state index contributed by atoms with van der Waals surface area (Å²) in [6.07, 6.45) is 0. The lowest BCUT2D eigenvalue weighted by Gasteiger charge is -2.09. The maximum atomic E-state index is 10.5. The third-order valence-corrected chi connectivity index (χ3v) is 2.08. The molecule has 4 heteroatoms. The Labute approximate surface area is 88.7 Å². The fraction of sp³-hybridized carbons (Fsp3) is 0.364. The molecule has 0 heterocycles. The van der Waals surface area contributed by atoms with Crippen molar-refractivity contribution in [2.24, 2.45) is 11.7 Å². The number of carbonyl (C=O) groups is 1. The number of hydrogen-bond acceptors (Lipinski definition) is 3. The van der Waals surface area contributed by atoms with Crippen LogP contribution in [0.5, 0.6) is 5.75 Å². The van der Waals surface area contributed by atoms with Gasteiger partial charge in [-0.1, -0.05) is 12.1 Å². The molecule has 0 saturated heterocycles. The second-order valence-electron chi connectivity index (χ2n) is 3.40. The molecule has 0 bridgehead atoms. The van der Waals surface area contributed by atoms with Crippen molar-refractivity contribution in [3.63, 3.8) is 0 Å². The Hall–Kier alpha value is -1.55. The van der Waals surface area contributed by atoms with Crippen LogP contribution in [-0.4, -0.2) is 17.7 Å². The highest BCUT2D eigenvalue weighted by Gasteiger charge is 2.11. The molecule has 0 saturated carbocycles. The largest absolute Gasteiger partial charge is 0.493 e. The molecule has 0 fully saturated rings. The predicted molar refractivity (Wildman–Crippen MR) is 56.6 cm³/mol. The van der Waals surface area contributed by atoms with Crippen LogP contribution >= 0.6 is 0 Å². The second-order valence-corrected chi connectivity index (χ2v) is 3.40. The number of benzene rings is 1. The molecule has 0 spiro atoms. The summed E-state index contributed by atoms with van der Waals surface area (Å²) < 4.78 is 5.31. The number of aliphatic carboxylic acids is 1. The highest BCUT2D eigenvalue weighted by molar-refractivity contribution is 5.69. The fourth-order valence-corrected chi connectivity index (χ4v) is 1.01. The van der Waals surface area contributed by atoms with Crippen LogP contribution in [0.25, 0.3) is 0 Å². The van der Waals surface area contributed by atoms with Gasteiger partial charge in [-0.15, -0.1) is 0 Å². The van der Waals surface area contributed by atoms with Gasteiger partial charge in [0.2, 0.25) is 0 Å². The van der Waals surface area contributed by atoms with Crippen LogP contribution in [0, 0.1) is 5.92 Å². The Morgan fingerprint density at radius 2 is 2.07 bits per heavy atom. The van der Waals surface area contributed by atoms with E-state index in [2.05, 4.69) is 0 Å². The van der Waals surface area contributed by atoms with Crippen LogP contribution in [0.1, 0.15) is 12.5 Å². The topological polar surface area (TPSA) is 72.5 Å². The van der Waals surface area contributed by atoms with Crippen molar-refractivity contribution in [1.82, 2.24) is 0 Å². The van der Waals surface area contributed by atoms with Gasteiger partial charge in [0.05, 0.1) is 5.92 Å². The summed E-state index contributed by atoms with van der Waals surface area (Å²) in [4.78, 5) is 10.5. The molecule has 82 valence electrons. The van der Waals surface area contributed by atoms with Gasteiger partial charge < -0.3 is 15.6 Å². The summed E-state index contributed by atoms with van der Waals surface area (Å²) in [5.74, 6) is -0.687. The molecule has 1 rings (SSSR count). The Morgan fingerprint density at radius 3 is 2.53 bits per heavy atom. The van der Waals surface area contributed by atoms with Gasteiger partial charge in [0.1, 0.15) is 12.4 Å². The van der Waals surface area contributed by atoms with Crippen LogP contribution < -0.4 is 10.5 Å². The highest BCUT2D eigenvalue weighted by atomic mass is 16.5. The lowest BCUT2D eigenvalue weighted by atomic mass is 10.2. The quantitative estimate of drug-likeness (QED) is 0.765. The summed E-state index contributed by atoms with van der Waals surface area (Å²) in [7, 11) is 0. The summed E-state index contributed by atoms with van der Waals surface area (Å²) in [6, 6.07) is 7.30. The van der Waals surface area contributed by atoms with E-state index in [1.807, 2.05) is 12.1 Å². The molecule has 15 heavy (non-hydrogen) atoms. The number of carboxylic acids is 1. The number of rotatable bonds is 5. The minimum Gasteiger partial charge on any atom is -0.493 e. The molecule has 1 unspecified atom stereocenters. The minimum atomic E-state index is -0.853. The summed E-state index contributed by atoms with van der Waals surface area (Å²) in [5.41, 5.74) is 6.47. The zero-order chi connectivity index (χ0) is 11.3. The Bertz CT molecular complexity index is 321. The van der Waals surface area contributed by atoms with Crippen molar-refractivity contribution < 1.29 is 14.6 Å². The van der Waals surface area contributed by atoms with Crippen LogP contribution in [0.4, 0.5) is 0 Å². The number of carboxylic acid groups (broad SMARTS) is 1. The van der Waals surface area contributed by atoms with E-state index in [4.69, 9.17) is 15.6 Å². The van der Waals surface area contributed by atoms with E-state index in [0.717, 1.165) is 5.56 Å². The van der Waals surface area contributed by atoms with Crippen LogP contribution in [0.15, 0.2) is 24.3 Å². The normalized spacial score (nSPS) is 12.1. The van der Waals surface area contributed by atoms with Crippen molar-refractivity contribution in [1.29, 1.82) is 0 Å². The van der Waals surface area contributed by atoms with Gasteiger partial charge in [0.15, 0.2) is 0 Å². The van der Waals surface area contributed by atoms with Gasteiger partial charge in [0, 0.05) is 6.54 Å². The molecule has 3 N–H and O–H groups in total. The third kappa shape index (κ3) is 3.59. The van der Waals surface area contributed by atoms with Gasteiger partial charge in [-0.3, -0.25) is 4.79 Å². The summed E-state index contributed by atoms with van der Waals surface area (Å²) >= 11 is 0. The molecule has 1 aromatic rings. The first-order valence-corrected chi connectivity index (χ1v) is 4.78. The van der Waals surface area contributed by atoms with Crippen molar-refractivity contribution in [2.75, 3.05) is 6.61 Å². The van der Waals surface area contributed by atoms with Crippen LogP contribution in [-0.2, 0) is 11.3 Å². The minimum absolute atomic E-state index is 0.178. The lowest BCUT2D eigenvalue weighted by molar-refractivity contribution is -0.142. The van der Waals surface area contributed by atoms with E-state index in [1.54, 1.807) is 19.1 Å². The zero-order valence-corrected chi connectivity index (χ0v) is 8.64. The molecule has 0 radical (unpaired) electrons. The molecule has 0 aliphatic rings. The predicted octanol–water partition coefficient (Wildman–Crippen LogP) is 1.24. The van der Waals surface area contributed by atoms with Crippen molar-refractivity contribution >= 4 is 5.97 Å². The maximum Gasteiger partial charge on any atom is 0.309 e. The van der Waals surface area contributed by atoms with Gasteiger partial charge in [-0.25, -0.2) is 0 Å². The first-order valence-electron chi connectivity index (χ1n) is 4.78. The average molecular weight is 209 g/mol. The first kappa shape index (κ1) is 11.5. The van der Waals surface area contributed by atoms with Gasteiger partial charge in [0.25, 0.3) is 0 Å². The molecule has 4 nitrogen and oxygen atoms in total. The lowest BCUT2D eigenvalue weighted by Crippen LogP contribution is -2.17. The SMILES string of the molecule is CC(COc1ccc(CN)cc1)C(=O)O. The smallest absolute Gasteiger partial charge is 0.309 e. The van der Waals surface area contributed by atoms with Crippen molar-refractivity contribution in [3.8, 4) is 5.75 Å². The van der Waals surface area contributed by atoms with Crippen LogP contribution in [0.3, 0.4) is 0 Å². The van der Waals surface area contributed by atoms with E-state index < -0.39 is 11.9 Å². The summed E-state index contributed by atoms with van der Waals surface area (Å²) in [6.45, 7) is 2.28. The van der Waals surface area contributed by atoms with Gasteiger partial charge in [-0.2, -0.15) is 0 Å². The summed E-state index contributed by atoms with van der Waals surface area (Å²) in [5, 5.41) is 8.65. The molecular weight excluding hydrogens is 194 g/mol. The highest BCUT2D eigenvalue weighted by Crippen LogP contribution is 2.12. The van der Waals surface area contributed by atoms with E-state index >= 15 is 0 Å². The van der Waals surface area contributed by atoms with E-state index in [9.17, 15) is 4.79 Å². The molecule has 0 aliphatic heterocycles. The number of hydrogen-bond donors (Lipinski definition) is 2. The average Bonchev–Trinajstić information content (AvgIpc) is 2.26. The standard InChI is InChI=1S/C11H15NO3/c1-8(11(13)14)7-15-10-4-2-9(6-12)3-5-10/h2-5,8H,6-7,12H2,1H3,(H,13,14). The zero-order valence-electron chi connectivity index (χ0n) is 8.64. The number of ether oxygens (including phenoxy) is 1. The molecule has 1 atom stereocenters. The number of nitrogens with two attached hydrogens (primary N) is 1. The van der Waals surface area contributed by atoms with E-state index in [0.29, 0.717) is 12.3 Å². The molecular formula is C11H15NO3. The van der Waals surface area contributed by atoms with Crippen molar-refractivity contribution in [2.45, 2.75) is 13.5 Å². The fourth-order valence-electron chi connectivity index (χ4n) is 1.01. The van der Waals surface area contributed by atoms with Gasteiger partial charge >= 0.3 is 5.97 Å². The van der Waals surface area contributed by atoms with E-state index in [-0.39, 0.29) is 6.61 Å². The molecule has 0 aliphatic carbocycles. The van der Waals surface area contributed by atoms with Gasteiger partial charge in [-0.05, 0) is 24.6 Å². The Kier molecular flexibility index (Phi) is 4.12.